The molecule has 2 aromatic rings. The third kappa shape index (κ3) is 3.65. The van der Waals surface area contributed by atoms with Crippen LogP contribution in [-0.2, 0) is 11.2 Å². The van der Waals surface area contributed by atoms with Crippen LogP contribution in [0.2, 0.25) is 5.02 Å². The van der Waals surface area contributed by atoms with Crippen LogP contribution in [0.3, 0.4) is 0 Å². The quantitative estimate of drug-likeness (QED) is 0.909. The number of ether oxygens (including phenoxy) is 1. The molecule has 2 N–H and O–H groups in total. The van der Waals surface area contributed by atoms with Gasteiger partial charge in [0.15, 0.2) is 11.5 Å². The summed E-state index contributed by atoms with van der Waals surface area (Å²) in [4.78, 5) is 11.9. The minimum absolute atomic E-state index is 0.0169. The molecule has 0 aromatic heterocycles. The van der Waals surface area contributed by atoms with Crippen molar-refractivity contribution in [2.45, 2.75) is 6.42 Å². The van der Waals surface area contributed by atoms with Gasteiger partial charge in [0.1, 0.15) is 0 Å². The fourth-order valence-corrected chi connectivity index (χ4v) is 1.89. The normalized spacial score (nSPS) is 10.1. The topological polar surface area (TPSA) is 58.6 Å². The molecule has 0 saturated heterocycles. The van der Waals surface area contributed by atoms with Crippen molar-refractivity contribution in [2.24, 2.45) is 0 Å². The minimum Gasteiger partial charge on any atom is -0.504 e. The van der Waals surface area contributed by atoms with Gasteiger partial charge in [0, 0.05) is 16.8 Å². The second-order valence-corrected chi connectivity index (χ2v) is 4.67. The van der Waals surface area contributed by atoms with Crippen LogP contribution in [0.4, 0.5) is 5.69 Å². The highest BCUT2D eigenvalue weighted by atomic mass is 35.5. The van der Waals surface area contributed by atoms with E-state index in [1.807, 2.05) is 0 Å². The molecule has 104 valence electrons. The molecule has 1 amide bonds. The van der Waals surface area contributed by atoms with E-state index in [-0.39, 0.29) is 18.1 Å². The number of aromatic hydroxyl groups is 1. The third-order valence-electron chi connectivity index (χ3n) is 2.74. The van der Waals surface area contributed by atoms with Crippen molar-refractivity contribution < 1.29 is 14.6 Å². The van der Waals surface area contributed by atoms with Gasteiger partial charge in [-0.05, 0) is 29.8 Å². The standard InChI is InChI=1S/C15H14ClNO3/c1-20-14-7-6-12(9-13(14)18)17-15(19)8-10-2-4-11(16)5-3-10/h2-7,9,18H,8H2,1H3,(H,17,19). The molecule has 5 heteroatoms. The average molecular weight is 292 g/mol. The smallest absolute Gasteiger partial charge is 0.228 e. The number of benzene rings is 2. The van der Waals surface area contributed by atoms with Crippen LogP contribution in [0.5, 0.6) is 11.5 Å². The van der Waals surface area contributed by atoms with Gasteiger partial charge in [-0.25, -0.2) is 0 Å². The lowest BCUT2D eigenvalue weighted by molar-refractivity contribution is -0.115. The fraction of sp³-hybridized carbons (Fsp3) is 0.133. The summed E-state index contributed by atoms with van der Waals surface area (Å²) in [7, 11) is 1.47. The van der Waals surface area contributed by atoms with Crippen LogP contribution >= 0.6 is 11.6 Å². The number of carbonyl (C=O) groups excluding carboxylic acids is 1. The molecule has 2 aromatic carbocycles. The lowest BCUT2D eigenvalue weighted by Crippen LogP contribution is -2.14. The van der Waals surface area contributed by atoms with Gasteiger partial charge in [-0.15, -0.1) is 0 Å². The number of phenols is 1. The van der Waals surface area contributed by atoms with Gasteiger partial charge in [0.2, 0.25) is 5.91 Å². The van der Waals surface area contributed by atoms with Crippen molar-refractivity contribution in [1.29, 1.82) is 0 Å². The Morgan fingerprint density at radius 1 is 1.25 bits per heavy atom. The molecule has 0 fully saturated rings. The Bertz CT molecular complexity index is 611. The molecule has 0 aliphatic heterocycles. The lowest BCUT2D eigenvalue weighted by Gasteiger charge is -2.08. The van der Waals surface area contributed by atoms with Gasteiger partial charge in [0.25, 0.3) is 0 Å². The highest BCUT2D eigenvalue weighted by molar-refractivity contribution is 6.30. The molecule has 0 aliphatic carbocycles. The fourth-order valence-electron chi connectivity index (χ4n) is 1.76. The molecule has 0 unspecified atom stereocenters. The van der Waals surface area contributed by atoms with Crippen LogP contribution in [0.15, 0.2) is 42.5 Å². The second kappa shape index (κ2) is 6.30. The Hall–Kier alpha value is -2.20. The predicted molar refractivity (Wildman–Crippen MR) is 78.4 cm³/mol. The molecule has 0 atom stereocenters. The molecule has 0 aliphatic rings. The Kier molecular flexibility index (Phi) is 4.48. The number of nitrogens with one attached hydrogen (secondary N) is 1. The number of carbonyl (C=O) groups is 1. The number of phenolic OH excluding ortho intramolecular Hbond substituents is 1. The summed E-state index contributed by atoms with van der Waals surface area (Å²) in [5.74, 6) is 0.175. The molecule has 0 spiro atoms. The Labute approximate surface area is 122 Å². The van der Waals surface area contributed by atoms with Gasteiger partial charge in [-0.3, -0.25) is 4.79 Å². The zero-order chi connectivity index (χ0) is 14.5. The SMILES string of the molecule is COc1ccc(NC(=O)Cc2ccc(Cl)cc2)cc1O. The van der Waals surface area contributed by atoms with E-state index in [9.17, 15) is 9.90 Å². The predicted octanol–water partition coefficient (Wildman–Crippen LogP) is 3.24. The van der Waals surface area contributed by atoms with E-state index in [1.54, 1.807) is 36.4 Å². The first kappa shape index (κ1) is 14.2. The van der Waals surface area contributed by atoms with E-state index in [4.69, 9.17) is 16.3 Å². The van der Waals surface area contributed by atoms with Gasteiger partial charge >= 0.3 is 0 Å². The van der Waals surface area contributed by atoms with E-state index in [1.165, 1.54) is 13.2 Å². The number of hydrogen-bond donors (Lipinski definition) is 2. The second-order valence-electron chi connectivity index (χ2n) is 4.24. The van der Waals surface area contributed by atoms with E-state index in [2.05, 4.69) is 5.32 Å². The summed E-state index contributed by atoms with van der Waals surface area (Å²) in [5, 5.41) is 13.0. The summed E-state index contributed by atoms with van der Waals surface area (Å²) in [6, 6.07) is 11.8. The van der Waals surface area contributed by atoms with Crippen molar-refractivity contribution in [3.05, 3.63) is 53.1 Å². The van der Waals surface area contributed by atoms with E-state index >= 15 is 0 Å². The number of anilines is 1. The average Bonchev–Trinajstić information content (AvgIpc) is 2.41. The van der Waals surface area contributed by atoms with Crippen molar-refractivity contribution in [3.8, 4) is 11.5 Å². The summed E-state index contributed by atoms with van der Waals surface area (Å²) >= 11 is 5.78. The Morgan fingerprint density at radius 3 is 2.55 bits per heavy atom. The van der Waals surface area contributed by atoms with Crippen molar-refractivity contribution in [2.75, 3.05) is 12.4 Å². The number of methoxy groups -OCH3 is 1. The monoisotopic (exact) mass is 291 g/mol. The lowest BCUT2D eigenvalue weighted by atomic mass is 10.1. The Morgan fingerprint density at radius 2 is 1.95 bits per heavy atom. The van der Waals surface area contributed by atoms with Crippen LogP contribution in [-0.4, -0.2) is 18.1 Å². The first-order valence-electron chi connectivity index (χ1n) is 6.00. The first-order valence-corrected chi connectivity index (χ1v) is 6.37. The number of hydrogen-bond acceptors (Lipinski definition) is 3. The maximum absolute atomic E-state index is 11.9. The number of amides is 1. The molecular formula is C15H14ClNO3. The van der Waals surface area contributed by atoms with E-state index in [0.29, 0.717) is 16.5 Å². The number of rotatable bonds is 4. The van der Waals surface area contributed by atoms with Gasteiger partial charge in [0.05, 0.1) is 13.5 Å². The molecule has 2 rings (SSSR count). The van der Waals surface area contributed by atoms with Crippen LogP contribution < -0.4 is 10.1 Å². The summed E-state index contributed by atoms with van der Waals surface area (Å²) < 4.78 is 4.94. The molecule has 0 heterocycles. The minimum atomic E-state index is -0.170. The highest BCUT2D eigenvalue weighted by Gasteiger charge is 2.07. The molecule has 0 radical (unpaired) electrons. The maximum Gasteiger partial charge on any atom is 0.228 e. The van der Waals surface area contributed by atoms with Crippen molar-refractivity contribution in [3.63, 3.8) is 0 Å². The summed E-state index contributed by atoms with van der Waals surface area (Å²) in [6.45, 7) is 0. The largest absolute Gasteiger partial charge is 0.504 e. The maximum atomic E-state index is 11.9. The molecule has 20 heavy (non-hydrogen) atoms. The first-order chi connectivity index (χ1) is 9.58. The van der Waals surface area contributed by atoms with E-state index < -0.39 is 0 Å². The van der Waals surface area contributed by atoms with Crippen LogP contribution in [0.1, 0.15) is 5.56 Å². The molecule has 0 bridgehead atoms. The zero-order valence-electron chi connectivity index (χ0n) is 10.9. The number of halogens is 1. The van der Waals surface area contributed by atoms with Gasteiger partial charge in [-0.2, -0.15) is 0 Å². The van der Waals surface area contributed by atoms with Crippen molar-refractivity contribution >= 4 is 23.2 Å². The molecule has 4 nitrogen and oxygen atoms in total. The summed E-state index contributed by atoms with van der Waals surface area (Å²) in [5.41, 5.74) is 1.38. The highest BCUT2D eigenvalue weighted by Crippen LogP contribution is 2.28. The van der Waals surface area contributed by atoms with Gasteiger partial charge < -0.3 is 15.2 Å². The third-order valence-corrected chi connectivity index (χ3v) is 2.99. The molecule has 0 saturated carbocycles. The summed E-state index contributed by atoms with van der Waals surface area (Å²) in [6.07, 6.45) is 0.240. The van der Waals surface area contributed by atoms with Crippen LogP contribution in [0, 0.1) is 0 Å². The van der Waals surface area contributed by atoms with E-state index in [0.717, 1.165) is 5.56 Å². The van der Waals surface area contributed by atoms with Crippen molar-refractivity contribution in [1.82, 2.24) is 0 Å². The van der Waals surface area contributed by atoms with Crippen LogP contribution in [0.25, 0.3) is 0 Å². The Balaban J connectivity index is 2.01. The zero-order valence-corrected chi connectivity index (χ0v) is 11.6. The van der Waals surface area contributed by atoms with Gasteiger partial charge in [-0.1, -0.05) is 23.7 Å². The molecular weight excluding hydrogens is 278 g/mol.